The monoisotopic (exact) mass is 416 g/mol. The number of fused-ring (bicyclic) bond motifs is 2. The summed E-state index contributed by atoms with van der Waals surface area (Å²) in [6.07, 6.45) is 9.69. The van der Waals surface area contributed by atoms with Crippen molar-refractivity contribution in [2.45, 2.75) is 16.5 Å². The molecule has 0 aromatic heterocycles. The Morgan fingerprint density at radius 3 is 1.57 bits per heavy atom. The molecule has 3 heteroatoms. The first kappa shape index (κ1) is 17.1. The number of benzene rings is 2. The Hall–Kier alpha value is -0.690. The summed E-state index contributed by atoms with van der Waals surface area (Å²) in [6.45, 7) is 2.37. The molecule has 0 radical (unpaired) electrons. The van der Waals surface area contributed by atoms with Crippen molar-refractivity contribution in [2.75, 3.05) is 0 Å². The van der Waals surface area contributed by atoms with Crippen LogP contribution in [-0.4, -0.2) is 6.88 Å². The molecule has 0 spiro atoms. The maximum atomic E-state index is 2.65. The first-order valence-electron chi connectivity index (χ1n) is 8.07. The summed E-state index contributed by atoms with van der Waals surface area (Å²) >= 11 is -3.02. The predicted octanol–water partition coefficient (Wildman–Crippen LogP) is 5.28. The summed E-state index contributed by atoms with van der Waals surface area (Å²) in [5.41, 5.74) is 5.98. The molecule has 118 valence electrons. The molecule has 2 aromatic carbocycles. The predicted molar refractivity (Wildman–Crippen MR) is 104 cm³/mol. The third-order valence-electron chi connectivity index (χ3n) is 5.64. The first-order valence-corrected chi connectivity index (χ1v) is 21.7. The molecule has 0 bridgehead atoms. The molecule has 2 aromatic rings. The third kappa shape index (κ3) is 2.60. The van der Waals surface area contributed by atoms with Gasteiger partial charge in [-0.25, -0.2) is 0 Å². The van der Waals surface area contributed by atoms with Gasteiger partial charge in [0, 0.05) is 0 Å². The van der Waals surface area contributed by atoms with Gasteiger partial charge in [0.25, 0.3) is 0 Å². The Morgan fingerprint density at radius 1 is 0.739 bits per heavy atom. The molecule has 0 saturated heterocycles. The van der Waals surface area contributed by atoms with Crippen LogP contribution in [0.25, 0.3) is 12.2 Å². The molecule has 0 amide bonds. The maximum absolute atomic E-state index is 3.02. The second-order valence-electron chi connectivity index (χ2n) is 7.87. The summed E-state index contributed by atoms with van der Waals surface area (Å²) < 4.78 is 6.59. The first-order chi connectivity index (χ1) is 10.5. The Morgan fingerprint density at radius 2 is 1.13 bits per heavy atom. The number of halogens is 1. The van der Waals surface area contributed by atoms with Crippen molar-refractivity contribution in [3.05, 3.63) is 82.9 Å². The summed E-state index contributed by atoms with van der Waals surface area (Å²) in [5, 5.41) is 0. The molecule has 0 saturated carbocycles. The van der Waals surface area contributed by atoms with Gasteiger partial charge in [0.2, 0.25) is 0 Å². The van der Waals surface area contributed by atoms with Crippen molar-refractivity contribution < 1.29 is 17.4 Å². The molecule has 23 heavy (non-hydrogen) atoms. The Kier molecular flexibility index (Phi) is 4.24. The Bertz CT molecular complexity index is 821. The summed E-state index contributed by atoms with van der Waals surface area (Å²) in [6, 6.07) is 17.9. The molecular weight excluding hydrogens is 395 g/mol. The van der Waals surface area contributed by atoms with Crippen molar-refractivity contribution in [1.82, 2.24) is 0 Å². The topological polar surface area (TPSA) is 0 Å². The normalized spacial score (nSPS) is 21.7. The second kappa shape index (κ2) is 5.69. The molecule has 0 N–H and O–H groups in total. The van der Waals surface area contributed by atoms with Gasteiger partial charge in [-0.1, -0.05) is 0 Å². The second-order valence-corrected chi connectivity index (χ2v) is 38.6. The van der Waals surface area contributed by atoms with Gasteiger partial charge in [-0.3, -0.25) is 0 Å². The van der Waals surface area contributed by atoms with Gasteiger partial charge in [-0.15, -0.1) is 12.4 Å². The Balaban J connectivity index is 0.00000156. The zero-order valence-corrected chi connectivity index (χ0v) is 18.4. The van der Waals surface area contributed by atoms with Crippen LogP contribution < -0.4 is 0 Å². The van der Waals surface area contributed by atoms with Crippen LogP contribution in [0.3, 0.4) is 0 Å². The van der Waals surface area contributed by atoms with E-state index in [4.69, 9.17) is 0 Å². The van der Waals surface area contributed by atoms with Crippen molar-refractivity contribution in [3.8, 4) is 0 Å². The van der Waals surface area contributed by atoms with Gasteiger partial charge in [0.15, 0.2) is 0 Å². The van der Waals surface area contributed by atoms with E-state index >= 15 is 0 Å². The van der Waals surface area contributed by atoms with E-state index in [-0.39, 0.29) is 12.4 Å². The van der Waals surface area contributed by atoms with Gasteiger partial charge >= 0.3 is 136 Å². The van der Waals surface area contributed by atoms with E-state index in [1.807, 2.05) is 0 Å². The standard InChI is InChI=1S/2C9H7.2CH3.ClH.H2Si.Zr/c2*1-2-5-9-7-3-6-8(9)4-1;;;;;/h2*1-7H;2*1H3;1H;1H2;. The van der Waals surface area contributed by atoms with Crippen molar-refractivity contribution in [1.29, 1.82) is 0 Å². The van der Waals surface area contributed by atoms with Crippen LogP contribution in [0.1, 0.15) is 29.5 Å². The summed E-state index contributed by atoms with van der Waals surface area (Å²) in [5.74, 6) is 0. The van der Waals surface area contributed by atoms with E-state index in [2.05, 4.69) is 89.0 Å². The van der Waals surface area contributed by atoms with Gasteiger partial charge in [0.1, 0.15) is 0 Å². The van der Waals surface area contributed by atoms with E-state index < -0.39 is 17.4 Å². The van der Waals surface area contributed by atoms with Crippen LogP contribution >= 0.6 is 12.4 Å². The van der Waals surface area contributed by atoms with Crippen LogP contribution in [0.2, 0.25) is 9.26 Å². The zero-order valence-electron chi connectivity index (χ0n) is 13.7. The molecule has 0 heterocycles. The van der Waals surface area contributed by atoms with E-state index in [9.17, 15) is 0 Å². The van der Waals surface area contributed by atoms with Crippen LogP contribution in [0.15, 0.2) is 60.7 Å². The molecular formula is C20H23ClSiZr. The molecule has 0 nitrogen and oxygen atoms in total. The molecule has 2 aliphatic carbocycles. The van der Waals surface area contributed by atoms with Crippen molar-refractivity contribution in [2.24, 2.45) is 0 Å². The quantitative estimate of drug-likeness (QED) is 0.583. The van der Waals surface area contributed by atoms with E-state index in [0.29, 0.717) is 7.25 Å². The molecule has 4 rings (SSSR count). The molecule has 2 unspecified atom stereocenters. The van der Waals surface area contributed by atoms with Crippen LogP contribution in [0.4, 0.5) is 0 Å². The number of allylic oxidation sites excluding steroid dienone is 2. The third-order valence-corrected chi connectivity index (χ3v) is 23.4. The van der Waals surface area contributed by atoms with Gasteiger partial charge in [-0.2, -0.15) is 0 Å². The summed E-state index contributed by atoms with van der Waals surface area (Å²) in [4.78, 5) is 0. The van der Waals surface area contributed by atoms with Crippen molar-refractivity contribution in [3.63, 3.8) is 0 Å². The van der Waals surface area contributed by atoms with Crippen molar-refractivity contribution >= 4 is 31.4 Å². The number of hydrogen-bond donors (Lipinski definition) is 0. The van der Waals surface area contributed by atoms with Gasteiger partial charge in [0.05, 0.1) is 0 Å². The number of hydrogen-bond acceptors (Lipinski definition) is 0. The molecule has 2 atom stereocenters. The van der Waals surface area contributed by atoms with E-state index in [0.717, 1.165) is 0 Å². The SMILES string of the molecule is Cl.[CH3][Zr]([CH3])(=[SiH2])([CH]1C=Cc2ccccc21)[CH]1C=Cc2ccccc21. The van der Waals surface area contributed by atoms with Crippen LogP contribution in [-0.2, 0) is 17.4 Å². The minimum absolute atomic E-state index is 0. The van der Waals surface area contributed by atoms with E-state index in [1.165, 1.54) is 11.1 Å². The zero-order chi connectivity index (χ0) is 15.4. The molecule has 2 aliphatic rings. The average molecular weight is 418 g/mol. The molecule has 0 fully saturated rings. The average Bonchev–Trinajstić information content (AvgIpc) is 3.12. The van der Waals surface area contributed by atoms with Crippen LogP contribution in [0.5, 0.6) is 0 Å². The van der Waals surface area contributed by atoms with E-state index in [1.54, 1.807) is 11.1 Å². The fraction of sp³-hybridized carbons (Fsp3) is 0.200. The summed E-state index contributed by atoms with van der Waals surface area (Å²) in [7, 11) is 0. The van der Waals surface area contributed by atoms with Gasteiger partial charge in [-0.05, 0) is 0 Å². The fourth-order valence-electron chi connectivity index (χ4n) is 4.35. The number of rotatable bonds is 2. The van der Waals surface area contributed by atoms with Crippen LogP contribution in [0, 0.1) is 0 Å². The Labute approximate surface area is 147 Å². The van der Waals surface area contributed by atoms with Gasteiger partial charge < -0.3 is 0 Å². The molecule has 0 aliphatic heterocycles. The minimum atomic E-state index is -3.02. The fourth-order valence-corrected chi connectivity index (χ4v) is 19.4.